The van der Waals surface area contributed by atoms with Crippen molar-refractivity contribution in [1.82, 2.24) is 4.57 Å². The predicted molar refractivity (Wildman–Crippen MR) is 74.3 cm³/mol. The van der Waals surface area contributed by atoms with Gasteiger partial charge in [-0.1, -0.05) is 31.7 Å². The Hall–Kier alpha value is -1.50. The Morgan fingerprint density at radius 1 is 1.12 bits per heavy atom. The summed E-state index contributed by atoms with van der Waals surface area (Å²) in [6.07, 6.45) is 11.5. The summed E-state index contributed by atoms with van der Waals surface area (Å²) >= 11 is 0. The molecule has 0 saturated carbocycles. The first-order chi connectivity index (χ1) is 7.71. The molecular weight excluding hydrogens is 194 g/mol. The van der Waals surface area contributed by atoms with E-state index in [0.717, 1.165) is 6.42 Å². The van der Waals surface area contributed by atoms with E-state index < -0.39 is 0 Å². The van der Waals surface area contributed by atoms with Gasteiger partial charge in [0.25, 0.3) is 0 Å². The van der Waals surface area contributed by atoms with E-state index in [4.69, 9.17) is 0 Å². The molecule has 0 radical (unpaired) electrons. The summed E-state index contributed by atoms with van der Waals surface area (Å²) in [4.78, 5) is 0. The van der Waals surface area contributed by atoms with E-state index in [1.165, 1.54) is 22.5 Å². The van der Waals surface area contributed by atoms with Crippen LogP contribution in [0.15, 0.2) is 18.7 Å². The minimum atomic E-state index is 1.04. The molecule has 86 valence electrons. The molecule has 0 fully saturated rings. The van der Waals surface area contributed by atoms with Crippen LogP contribution in [0.2, 0.25) is 0 Å². The van der Waals surface area contributed by atoms with Crippen molar-refractivity contribution in [2.75, 3.05) is 0 Å². The fourth-order valence-electron chi connectivity index (χ4n) is 2.15. The molecule has 0 amide bonds. The first-order valence-corrected chi connectivity index (χ1v) is 5.80. The maximum absolute atomic E-state index is 3.90. The minimum Gasteiger partial charge on any atom is -0.344 e. The summed E-state index contributed by atoms with van der Waals surface area (Å²) < 4.78 is 2.21. The standard InChI is InChI=1S/C15H21N/c1-6-10-13-12(8-3)15(11-7-2)16(5)14(13)9-4/h6-7,9-11H,4,8H2,1-3,5H3/b10-6-,11-7-. The lowest BCUT2D eigenvalue weighted by atomic mass is 10.1. The van der Waals surface area contributed by atoms with Crippen LogP contribution in [0.4, 0.5) is 0 Å². The second-order valence-electron chi connectivity index (χ2n) is 3.78. The zero-order valence-corrected chi connectivity index (χ0v) is 10.7. The smallest absolute Gasteiger partial charge is 0.0479 e. The van der Waals surface area contributed by atoms with Crippen molar-refractivity contribution in [2.24, 2.45) is 7.05 Å². The maximum Gasteiger partial charge on any atom is 0.0479 e. The molecule has 1 rings (SSSR count). The number of allylic oxidation sites excluding steroid dienone is 2. The summed E-state index contributed by atoms with van der Waals surface area (Å²) in [5.74, 6) is 0. The van der Waals surface area contributed by atoms with Crippen LogP contribution < -0.4 is 0 Å². The molecule has 0 N–H and O–H groups in total. The van der Waals surface area contributed by atoms with Gasteiger partial charge >= 0.3 is 0 Å². The molecule has 1 heterocycles. The van der Waals surface area contributed by atoms with Gasteiger partial charge in [0.05, 0.1) is 0 Å². The van der Waals surface area contributed by atoms with Crippen LogP contribution in [0.5, 0.6) is 0 Å². The van der Waals surface area contributed by atoms with E-state index in [1.807, 2.05) is 6.08 Å². The molecule has 1 heteroatoms. The lowest BCUT2D eigenvalue weighted by Gasteiger charge is -2.01. The zero-order chi connectivity index (χ0) is 12.1. The van der Waals surface area contributed by atoms with Gasteiger partial charge in [-0.05, 0) is 38.0 Å². The SMILES string of the molecule is C=Cc1c(/C=C\C)c(CC)c(/C=C\C)n1C. The van der Waals surface area contributed by atoms with E-state index in [0.29, 0.717) is 0 Å². The second-order valence-corrected chi connectivity index (χ2v) is 3.78. The zero-order valence-electron chi connectivity index (χ0n) is 10.7. The fraction of sp³-hybridized carbons (Fsp3) is 0.333. The van der Waals surface area contributed by atoms with Gasteiger partial charge in [0, 0.05) is 24.0 Å². The third-order valence-electron chi connectivity index (χ3n) is 2.84. The Labute approximate surface area is 98.8 Å². The molecule has 0 unspecified atom stereocenters. The van der Waals surface area contributed by atoms with Crippen LogP contribution in [0.25, 0.3) is 18.2 Å². The van der Waals surface area contributed by atoms with Gasteiger partial charge < -0.3 is 4.57 Å². The average Bonchev–Trinajstić information content (AvgIpc) is 2.53. The molecule has 0 bridgehead atoms. The summed E-state index contributed by atoms with van der Waals surface area (Å²) in [5, 5.41) is 0. The highest BCUT2D eigenvalue weighted by atomic mass is 15.0. The van der Waals surface area contributed by atoms with Gasteiger partial charge in [0.15, 0.2) is 0 Å². The van der Waals surface area contributed by atoms with Gasteiger partial charge in [0.1, 0.15) is 0 Å². The van der Waals surface area contributed by atoms with Gasteiger partial charge in [-0.2, -0.15) is 0 Å². The van der Waals surface area contributed by atoms with E-state index in [-0.39, 0.29) is 0 Å². The quantitative estimate of drug-likeness (QED) is 0.706. The van der Waals surface area contributed by atoms with Crippen molar-refractivity contribution in [3.63, 3.8) is 0 Å². The molecule has 1 nitrogen and oxygen atoms in total. The molecule has 0 atom stereocenters. The lowest BCUT2D eigenvalue weighted by Crippen LogP contribution is -1.94. The molecule has 0 spiro atoms. The number of aromatic nitrogens is 1. The third kappa shape index (κ3) is 2.04. The molecule has 0 aliphatic carbocycles. The van der Waals surface area contributed by atoms with Crippen LogP contribution in [-0.4, -0.2) is 4.57 Å². The summed E-state index contributed by atoms with van der Waals surface area (Å²) in [7, 11) is 2.10. The predicted octanol–water partition coefficient (Wildman–Crippen LogP) is 4.30. The highest BCUT2D eigenvalue weighted by Gasteiger charge is 2.13. The Kier molecular flexibility index (Phi) is 4.36. The van der Waals surface area contributed by atoms with Crippen LogP contribution >= 0.6 is 0 Å². The Morgan fingerprint density at radius 2 is 1.75 bits per heavy atom. The third-order valence-corrected chi connectivity index (χ3v) is 2.84. The molecule has 1 aromatic heterocycles. The summed E-state index contributed by atoms with van der Waals surface area (Å²) in [6, 6.07) is 0. The Bertz CT molecular complexity index is 431. The van der Waals surface area contributed by atoms with Crippen LogP contribution in [-0.2, 0) is 13.5 Å². The molecule has 1 aromatic rings. The first kappa shape index (κ1) is 12.6. The summed E-state index contributed by atoms with van der Waals surface area (Å²) in [5.41, 5.74) is 5.18. The van der Waals surface area contributed by atoms with E-state index in [1.54, 1.807) is 0 Å². The highest BCUT2D eigenvalue weighted by molar-refractivity contribution is 5.71. The number of hydrogen-bond acceptors (Lipinski definition) is 0. The Balaban J connectivity index is 3.57. The number of nitrogens with zero attached hydrogens (tertiary/aromatic N) is 1. The highest BCUT2D eigenvalue weighted by Crippen LogP contribution is 2.26. The van der Waals surface area contributed by atoms with Crippen LogP contribution in [0, 0.1) is 0 Å². The van der Waals surface area contributed by atoms with Crippen LogP contribution in [0.3, 0.4) is 0 Å². The van der Waals surface area contributed by atoms with Gasteiger partial charge in [-0.15, -0.1) is 0 Å². The topological polar surface area (TPSA) is 4.93 Å². The largest absolute Gasteiger partial charge is 0.344 e. The van der Waals surface area contributed by atoms with Crippen molar-refractivity contribution >= 4 is 18.2 Å². The monoisotopic (exact) mass is 215 g/mol. The number of hydrogen-bond donors (Lipinski definition) is 0. The molecule has 0 saturated heterocycles. The molecule has 16 heavy (non-hydrogen) atoms. The minimum absolute atomic E-state index is 1.04. The molecule has 0 aliphatic rings. The average molecular weight is 215 g/mol. The molecule has 0 aliphatic heterocycles. The summed E-state index contributed by atoms with van der Waals surface area (Å²) in [6.45, 7) is 10.2. The van der Waals surface area contributed by atoms with E-state index in [2.05, 4.69) is 63.3 Å². The van der Waals surface area contributed by atoms with Gasteiger partial charge in [-0.25, -0.2) is 0 Å². The van der Waals surface area contributed by atoms with Gasteiger partial charge in [0.2, 0.25) is 0 Å². The first-order valence-electron chi connectivity index (χ1n) is 5.80. The second kappa shape index (κ2) is 5.55. The van der Waals surface area contributed by atoms with Crippen molar-refractivity contribution in [1.29, 1.82) is 0 Å². The van der Waals surface area contributed by atoms with Crippen molar-refractivity contribution in [3.8, 4) is 0 Å². The fourth-order valence-corrected chi connectivity index (χ4v) is 2.15. The van der Waals surface area contributed by atoms with Crippen molar-refractivity contribution in [3.05, 3.63) is 41.2 Å². The number of rotatable bonds is 4. The van der Waals surface area contributed by atoms with Crippen LogP contribution in [0.1, 0.15) is 43.3 Å². The van der Waals surface area contributed by atoms with Crippen molar-refractivity contribution in [2.45, 2.75) is 27.2 Å². The van der Waals surface area contributed by atoms with Gasteiger partial charge in [-0.3, -0.25) is 0 Å². The Morgan fingerprint density at radius 3 is 2.19 bits per heavy atom. The normalized spacial score (nSPS) is 11.8. The molecular formula is C15H21N. The maximum atomic E-state index is 3.90. The molecule has 0 aromatic carbocycles. The van der Waals surface area contributed by atoms with Crippen molar-refractivity contribution < 1.29 is 0 Å². The lowest BCUT2D eigenvalue weighted by molar-refractivity contribution is 0.893. The van der Waals surface area contributed by atoms with E-state index in [9.17, 15) is 0 Å². The van der Waals surface area contributed by atoms with E-state index >= 15 is 0 Å².